The summed E-state index contributed by atoms with van der Waals surface area (Å²) in [6.45, 7) is 0. The van der Waals surface area contributed by atoms with Gasteiger partial charge < -0.3 is 9.73 Å². The Kier molecular flexibility index (Phi) is 5.04. The van der Waals surface area contributed by atoms with Crippen molar-refractivity contribution in [2.24, 2.45) is 14.1 Å². The van der Waals surface area contributed by atoms with E-state index in [0.29, 0.717) is 27.7 Å². The van der Waals surface area contributed by atoms with Crippen molar-refractivity contribution in [1.82, 2.24) is 9.13 Å². The number of hydrogen-bond donors (Lipinski definition) is 2. The lowest BCUT2D eigenvalue weighted by atomic mass is 10.1. The van der Waals surface area contributed by atoms with Gasteiger partial charge in [0.15, 0.2) is 5.69 Å². The highest BCUT2D eigenvalue weighted by Crippen LogP contribution is 2.33. The van der Waals surface area contributed by atoms with Crippen molar-refractivity contribution in [3.63, 3.8) is 0 Å². The number of anilines is 2. The zero-order valence-corrected chi connectivity index (χ0v) is 19.1. The predicted molar refractivity (Wildman–Crippen MR) is 127 cm³/mol. The molecule has 2 aromatic carbocycles. The van der Waals surface area contributed by atoms with Crippen molar-refractivity contribution in [1.29, 1.82) is 0 Å². The molecule has 2 heterocycles. The van der Waals surface area contributed by atoms with Gasteiger partial charge in [-0.15, -0.1) is 0 Å². The highest BCUT2D eigenvalue weighted by atomic mass is 32.2. The molecule has 0 radical (unpaired) electrons. The third-order valence-corrected chi connectivity index (χ3v) is 7.65. The van der Waals surface area contributed by atoms with E-state index in [1.54, 1.807) is 38.4 Å². The molecule has 0 saturated heterocycles. The van der Waals surface area contributed by atoms with Crippen molar-refractivity contribution < 1.29 is 12.8 Å². The Morgan fingerprint density at radius 3 is 2.39 bits per heavy atom. The van der Waals surface area contributed by atoms with Crippen LogP contribution in [0.3, 0.4) is 0 Å². The summed E-state index contributed by atoms with van der Waals surface area (Å²) in [6, 6.07) is 11.6. The van der Waals surface area contributed by atoms with E-state index in [9.17, 15) is 18.0 Å². The topological polar surface area (TPSA) is 115 Å². The molecule has 1 fully saturated rings. The number of rotatable bonds is 5. The van der Waals surface area contributed by atoms with Crippen LogP contribution in [-0.2, 0) is 24.1 Å². The molecule has 0 spiro atoms. The number of para-hydroxylation sites is 1. The highest BCUT2D eigenvalue weighted by Gasteiger charge is 2.25. The Morgan fingerprint density at radius 1 is 0.939 bits per heavy atom. The number of benzene rings is 2. The van der Waals surface area contributed by atoms with Crippen LogP contribution < -0.4 is 21.4 Å². The third kappa shape index (κ3) is 3.60. The van der Waals surface area contributed by atoms with Gasteiger partial charge in [0.05, 0.1) is 21.6 Å². The Labute approximate surface area is 189 Å². The van der Waals surface area contributed by atoms with Gasteiger partial charge in [0.2, 0.25) is 0 Å². The van der Waals surface area contributed by atoms with Gasteiger partial charge in [-0.2, -0.15) is 0 Å². The molecule has 4 aromatic rings. The molecule has 1 aliphatic carbocycles. The van der Waals surface area contributed by atoms with Crippen LogP contribution in [0, 0.1) is 0 Å². The lowest BCUT2D eigenvalue weighted by Gasteiger charge is -2.19. The van der Waals surface area contributed by atoms with Crippen molar-refractivity contribution in [3.05, 3.63) is 63.4 Å². The zero-order valence-electron chi connectivity index (χ0n) is 18.3. The second-order valence-electron chi connectivity index (χ2n) is 8.42. The molecule has 0 aliphatic heterocycles. The largest absolute Gasteiger partial charge is 0.421 e. The molecule has 9 nitrogen and oxygen atoms in total. The molecule has 0 bridgehead atoms. The van der Waals surface area contributed by atoms with E-state index in [1.165, 1.54) is 21.3 Å². The molecule has 10 heteroatoms. The molecular weight excluding hydrogens is 444 g/mol. The smallest absolute Gasteiger partial charge is 0.363 e. The van der Waals surface area contributed by atoms with Gasteiger partial charge in [-0.1, -0.05) is 25.0 Å². The number of aromatic nitrogens is 2. The van der Waals surface area contributed by atoms with Crippen LogP contribution in [0.4, 0.5) is 11.4 Å². The van der Waals surface area contributed by atoms with Crippen LogP contribution in [0.25, 0.3) is 22.0 Å². The molecule has 0 unspecified atom stereocenters. The normalized spacial score (nSPS) is 14.8. The van der Waals surface area contributed by atoms with Gasteiger partial charge in [0, 0.05) is 25.5 Å². The van der Waals surface area contributed by atoms with E-state index in [2.05, 4.69) is 10.0 Å². The first-order chi connectivity index (χ1) is 15.8. The third-order valence-electron chi connectivity index (χ3n) is 6.31. The summed E-state index contributed by atoms with van der Waals surface area (Å²) >= 11 is 0. The van der Waals surface area contributed by atoms with Gasteiger partial charge in [0.1, 0.15) is 5.58 Å². The summed E-state index contributed by atoms with van der Waals surface area (Å²) in [6.07, 6.45) is 4.04. The molecule has 2 aromatic heterocycles. The SMILES string of the molecule is Cn1c(=O)n(C)c2cc(S(=O)(=O)Nc3c(NC4CCCC4)c4ccccc4oc3=O)ccc21. The van der Waals surface area contributed by atoms with Gasteiger partial charge >= 0.3 is 11.3 Å². The summed E-state index contributed by atoms with van der Waals surface area (Å²) in [5.41, 5.74) is 0.701. The van der Waals surface area contributed by atoms with Crippen LogP contribution in [0.15, 0.2) is 61.4 Å². The van der Waals surface area contributed by atoms with Crippen molar-refractivity contribution >= 4 is 43.4 Å². The minimum Gasteiger partial charge on any atom is -0.421 e. The Bertz CT molecular complexity index is 1610. The molecule has 1 aliphatic rings. The van der Waals surface area contributed by atoms with E-state index in [-0.39, 0.29) is 22.3 Å². The number of hydrogen-bond acceptors (Lipinski definition) is 6. The second kappa shape index (κ2) is 7.80. The molecule has 0 amide bonds. The number of aryl methyl sites for hydroxylation is 2. The van der Waals surface area contributed by atoms with Crippen LogP contribution in [0.5, 0.6) is 0 Å². The first-order valence-corrected chi connectivity index (χ1v) is 12.3. The first-order valence-electron chi connectivity index (χ1n) is 10.8. The number of imidazole rings is 1. The maximum Gasteiger partial charge on any atom is 0.363 e. The van der Waals surface area contributed by atoms with E-state index in [0.717, 1.165) is 25.7 Å². The molecule has 2 N–H and O–H groups in total. The number of nitrogens with zero attached hydrogens (tertiary/aromatic N) is 2. The average Bonchev–Trinajstić information content (AvgIpc) is 3.39. The van der Waals surface area contributed by atoms with E-state index < -0.39 is 15.6 Å². The Hall–Kier alpha value is -3.53. The fourth-order valence-electron chi connectivity index (χ4n) is 4.51. The van der Waals surface area contributed by atoms with Crippen LogP contribution >= 0.6 is 0 Å². The fourth-order valence-corrected chi connectivity index (χ4v) is 5.60. The van der Waals surface area contributed by atoms with E-state index in [1.807, 2.05) is 6.07 Å². The first kappa shape index (κ1) is 21.3. The van der Waals surface area contributed by atoms with Crippen molar-refractivity contribution in [2.75, 3.05) is 10.0 Å². The summed E-state index contributed by atoms with van der Waals surface area (Å²) in [7, 11) is -0.944. The molecule has 5 rings (SSSR count). The number of nitrogens with one attached hydrogen (secondary N) is 2. The van der Waals surface area contributed by atoms with Crippen LogP contribution in [-0.4, -0.2) is 23.6 Å². The monoisotopic (exact) mass is 468 g/mol. The molecule has 33 heavy (non-hydrogen) atoms. The zero-order chi connectivity index (χ0) is 23.3. The summed E-state index contributed by atoms with van der Waals surface area (Å²) in [5, 5.41) is 4.01. The molecule has 0 atom stereocenters. The molecular formula is C23H24N4O5S. The van der Waals surface area contributed by atoms with Crippen molar-refractivity contribution in [3.8, 4) is 0 Å². The second-order valence-corrected chi connectivity index (χ2v) is 10.1. The van der Waals surface area contributed by atoms with Gasteiger partial charge in [-0.05, 0) is 43.2 Å². The average molecular weight is 469 g/mol. The summed E-state index contributed by atoms with van der Waals surface area (Å²) in [4.78, 5) is 25.0. The number of sulfonamides is 1. The van der Waals surface area contributed by atoms with Gasteiger partial charge in [0.25, 0.3) is 10.0 Å². The van der Waals surface area contributed by atoms with E-state index >= 15 is 0 Å². The van der Waals surface area contributed by atoms with E-state index in [4.69, 9.17) is 4.42 Å². The maximum atomic E-state index is 13.3. The minimum absolute atomic E-state index is 0.0597. The van der Waals surface area contributed by atoms with Crippen LogP contribution in [0.1, 0.15) is 25.7 Å². The highest BCUT2D eigenvalue weighted by molar-refractivity contribution is 7.92. The lowest BCUT2D eigenvalue weighted by molar-refractivity contribution is 0.562. The Balaban J connectivity index is 1.63. The van der Waals surface area contributed by atoms with Crippen molar-refractivity contribution in [2.45, 2.75) is 36.6 Å². The predicted octanol–water partition coefficient (Wildman–Crippen LogP) is 3.14. The summed E-state index contributed by atoms with van der Waals surface area (Å²) < 4.78 is 37.3. The van der Waals surface area contributed by atoms with Gasteiger partial charge in [-0.3, -0.25) is 13.9 Å². The summed E-state index contributed by atoms with van der Waals surface area (Å²) in [5.74, 6) is 0. The lowest BCUT2D eigenvalue weighted by Crippen LogP contribution is -2.23. The molecule has 172 valence electrons. The fraction of sp³-hybridized carbons (Fsp3) is 0.304. The van der Waals surface area contributed by atoms with Gasteiger partial charge in [-0.25, -0.2) is 18.0 Å². The Morgan fingerprint density at radius 2 is 1.64 bits per heavy atom. The maximum absolute atomic E-state index is 13.3. The standard InChI is InChI=1S/C23H24N4O5S/c1-26-17-12-11-15(13-18(17)27(2)23(26)29)33(30,31)25-21-20(24-14-7-3-4-8-14)16-9-5-6-10-19(16)32-22(21)28/h5-6,9-14,24-25H,3-4,7-8H2,1-2H3. The van der Waals surface area contributed by atoms with Crippen LogP contribution in [0.2, 0.25) is 0 Å². The minimum atomic E-state index is -4.15. The number of fused-ring (bicyclic) bond motifs is 2. The quantitative estimate of drug-likeness (QED) is 0.435. The molecule has 1 saturated carbocycles.